The molecule has 0 fully saturated rings. The average Bonchev–Trinajstić information content (AvgIpc) is 4.22. The maximum atomic E-state index is 9.29. The fraction of sp³-hybridized carbons (Fsp3) is 0. The van der Waals surface area contributed by atoms with Gasteiger partial charge >= 0.3 is 0 Å². The molecule has 12 aromatic rings. The smallest absolute Gasteiger partial charge is 0.240 e. The fourth-order valence-electron chi connectivity index (χ4n) is 8.99. The van der Waals surface area contributed by atoms with E-state index in [1.165, 1.54) is 4.57 Å². The Morgan fingerprint density at radius 2 is 0.810 bits per heavy atom. The second-order valence-electron chi connectivity index (χ2n) is 15.1. The van der Waals surface area contributed by atoms with Crippen LogP contribution >= 0.6 is 0 Å². The van der Waals surface area contributed by atoms with Gasteiger partial charge in [0.1, 0.15) is 0 Å². The summed E-state index contributed by atoms with van der Waals surface area (Å²) in [5.74, 6) is 0.0996. The van der Waals surface area contributed by atoms with Crippen LogP contribution in [0.2, 0.25) is 0 Å². The highest BCUT2D eigenvalue weighted by molar-refractivity contribution is 7.19. The molecule has 9 aromatic carbocycles. The Morgan fingerprint density at radius 3 is 1.40 bits per heavy atom. The van der Waals surface area contributed by atoms with E-state index in [0.29, 0.717) is 11.1 Å². The van der Waals surface area contributed by atoms with Crippen LogP contribution in [0.25, 0.3) is 78.0 Å². The number of para-hydroxylation sites is 4. The minimum absolute atomic E-state index is 0.0892. The van der Waals surface area contributed by atoms with Crippen molar-refractivity contribution in [2.24, 2.45) is 0 Å². The van der Waals surface area contributed by atoms with E-state index in [1.807, 2.05) is 132 Å². The number of rotatable bonds is 8. The lowest BCUT2D eigenvalue weighted by Gasteiger charge is -2.34. The van der Waals surface area contributed by atoms with Gasteiger partial charge in [0, 0.05) is 27.1 Å². The van der Waals surface area contributed by atoms with E-state index in [0.717, 1.165) is 42.6 Å². The van der Waals surface area contributed by atoms with Crippen molar-refractivity contribution in [1.82, 2.24) is 24.1 Å². The molecule has 296 valence electrons. The lowest BCUT2D eigenvalue weighted by atomic mass is 10.1. The molecular weight excluding hydrogens is 783 g/mol. The normalized spacial score (nSPS) is 14.7. The summed E-state index contributed by atoms with van der Waals surface area (Å²) >= 11 is 0. The van der Waals surface area contributed by atoms with E-state index in [-0.39, 0.29) is 57.2 Å². The molecule has 12 rings (SSSR count). The van der Waals surface area contributed by atoms with Crippen LogP contribution in [-0.4, -0.2) is 32.2 Å². The molecule has 0 amide bonds. The van der Waals surface area contributed by atoms with Crippen molar-refractivity contribution in [2.75, 3.05) is 0 Å². The Hall–Kier alpha value is -8.19. The van der Waals surface area contributed by atoms with Crippen molar-refractivity contribution in [2.45, 2.75) is 0 Å². The van der Waals surface area contributed by atoms with Crippen LogP contribution in [0.15, 0.2) is 236 Å². The third-order valence-electron chi connectivity index (χ3n) is 11.7. The van der Waals surface area contributed by atoms with Crippen LogP contribution in [0.5, 0.6) is 0 Å². The van der Waals surface area contributed by atoms with Gasteiger partial charge in [0.15, 0.2) is 13.9 Å². The van der Waals surface area contributed by atoms with E-state index in [9.17, 15) is 2.74 Å². The summed E-state index contributed by atoms with van der Waals surface area (Å²) in [4.78, 5) is 15.3. The summed E-state index contributed by atoms with van der Waals surface area (Å²) in [6.07, 6.45) is 0. The minimum atomic E-state index is -3.39. The Balaban J connectivity index is 1.15. The van der Waals surface area contributed by atoms with Gasteiger partial charge in [-0.2, -0.15) is 15.0 Å². The highest BCUT2D eigenvalue weighted by Gasteiger charge is 2.41. The van der Waals surface area contributed by atoms with Gasteiger partial charge in [0.2, 0.25) is 11.9 Å². The number of benzene rings is 9. The zero-order valence-electron chi connectivity index (χ0n) is 46.2. The number of hydrogen-bond donors (Lipinski definition) is 0. The van der Waals surface area contributed by atoms with Gasteiger partial charge in [-0.1, -0.05) is 212 Å². The van der Waals surface area contributed by atoms with Crippen LogP contribution in [0.3, 0.4) is 0 Å². The Labute approximate surface area is 384 Å². The summed E-state index contributed by atoms with van der Waals surface area (Å²) in [6, 6.07) is 44.8. The number of aromatic nitrogens is 5. The summed E-state index contributed by atoms with van der Waals surface area (Å²) < 4.78 is 118. The van der Waals surface area contributed by atoms with Crippen LogP contribution in [0.1, 0.15) is 17.8 Å². The molecule has 0 unspecified atom stereocenters. The maximum Gasteiger partial charge on any atom is 0.240 e. The largest absolute Gasteiger partial charge is 0.278 e. The van der Waals surface area contributed by atoms with Gasteiger partial charge in [-0.25, -0.2) is 0 Å². The zero-order chi connectivity index (χ0) is 53.1. The number of nitrogens with zero attached hydrogens (tertiary/aromatic N) is 5. The van der Waals surface area contributed by atoms with Crippen molar-refractivity contribution < 1.29 is 17.8 Å². The van der Waals surface area contributed by atoms with E-state index in [1.54, 1.807) is 6.07 Å². The quantitative estimate of drug-likeness (QED) is 0.113. The molecule has 63 heavy (non-hydrogen) atoms. The molecule has 6 heteroatoms. The van der Waals surface area contributed by atoms with Crippen molar-refractivity contribution in [3.8, 4) is 34.4 Å². The van der Waals surface area contributed by atoms with Gasteiger partial charge in [-0.15, -0.1) is 0 Å². The van der Waals surface area contributed by atoms with Crippen molar-refractivity contribution >= 4 is 72.4 Å². The van der Waals surface area contributed by atoms with Crippen LogP contribution in [0.4, 0.5) is 0 Å². The highest BCUT2D eigenvalue weighted by Crippen LogP contribution is 2.34. The average molecular weight is 835 g/mol. The summed E-state index contributed by atoms with van der Waals surface area (Å²) in [7, 11) is -3.39. The highest BCUT2D eigenvalue weighted by atomic mass is 28.3. The van der Waals surface area contributed by atoms with E-state index < -0.39 is 74.5 Å². The van der Waals surface area contributed by atoms with E-state index in [2.05, 4.69) is 24.3 Å². The molecule has 0 saturated carbocycles. The van der Waals surface area contributed by atoms with Gasteiger partial charge in [-0.3, -0.25) is 9.13 Å². The molecule has 3 aromatic heterocycles. The zero-order valence-corrected chi connectivity index (χ0v) is 34.2. The number of fused-ring (bicyclic) bond motifs is 6. The molecule has 0 atom stereocenters. The minimum Gasteiger partial charge on any atom is -0.278 e. The SMILES string of the molecule is [2H]c1c([2H])c([2H])c(-c2cccc([Si](c3ccccc3)(c3ccccc3)c3ccc(-c4nc(-n5c6ccccc6c6ccccc65)nc(-n5c6c([2H])c([2H])c([2H])c([2H])c6c6c([2H])c([2H])c([2H])c([2H])c65)n4)cc3)c2)c([2H])c1[2H]. The molecule has 3 heterocycles. The Kier molecular flexibility index (Phi) is 6.11. The molecule has 0 saturated heterocycles. The molecule has 0 radical (unpaired) electrons. The predicted molar refractivity (Wildman–Crippen MR) is 263 cm³/mol. The van der Waals surface area contributed by atoms with Gasteiger partial charge in [0.05, 0.1) is 39.9 Å². The Morgan fingerprint density at radius 1 is 0.333 bits per heavy atom. The number of hydrogen-bond acceptors (Lipinski definition) is 3. The molecule has 5 nitrogen and oxygen atoms in total. The van der Waals surface area contributed by atoms with Crippen molar-refractivity contribution in [3.63, 3.8) is 0 Å². The van der Waals surface area contributed by atoms with Crippen LogP contribution in [0, 0.1) is 0 Å². The maximum absolute atomic E-state index is 9.29. The van der Waals surface area contributed by atoms with Crippen LogP contribution < -0.4 is 20.7 Å². The van der Waals surface area contributed by atoms with E-state index >= 15 is 0 Å². The first-order valence-electron chi connectivity index (χ1n) is 26.8. The summed E-state index contributed by atoms with van der Waals surface area (Å²) in [5, 5.41) is 5.38. The standard InChI is InChI=1S/C57H39N5Si/c1-4-19-40(20-5-1)42-21-18-26-46(39-42)63(43-22-6-2-7-23-43,44-24-8-3-9-25-44)45-37-35-41(36-38-45)55-58-56(61-51-31-14-10-27-47(51)48-28-11-15-32-52(48)61)60-57(59-55)62-53-33-16-12-29-49(53)50-30-13-17-34-54(50)62/h1-39H/i1D,4D,5D,10D,11D,14D,15D,19D,20D,27D,28D,31D,32D. The van der Waals surface area contributed by atoms with Crippen molar-refractivity contribution in [3.05, 3.63) is 236 Å². The topological polar surface area (TPSA) is 48.5 Å². The summed E-state index contributed by atoms with van der Waals surface area (Å²) in [6.45, 7) is 0. The molecule has 0 N–H and O–H groups in total. The molecule has 0 aliphatic carbocycles. The predicted octanol–water partition coefficient (Wildman–Crippen LogP) is 10.8. The Bertz CT molecular complexity index is 4200. The lowest BCUT2D eigenvalue weighted by Crippen LogP contribution is -2.74. The monoisotopic (exact) mass is 834 g/mol. The first kappa shape index (κ1) is 25.5. The fourth-order valence-corrected chi connectivity index (χ4v) is 13.8. The third kappa shape index (κ3) is 5.95. The second kappa shape index (κ2) is 15.1. The van der Waals surface area contributed by atoms with Crippen LogP contribution in [-0.2, 0) is 0 Å². The summed E-state index contributed by atoms with van der Waals surface area (Å²) in [5.41, 5.74) is 2.29. The van der Waals surface area contributed by atoms with Gasteiger partial charge in [0.25, 0.3) is 0 Å². The molecule has 0 bridgehead atoms. The second-order valence-corrected chi connectivity index (χ2v) is 18.9. The third-order valence-corrected chi connectivity index (χ3v) is 16.5. The lowest BCUT2D eigenvalue weighted by molar-refractivity contribution is 0.893. The molecule has 0 spiro atoms. The van der Waals surface area contributed by atoms with E-state index in [4.69, 9.17) is 30.0 Å². The van der Waals surface area contributed by atoms with Gasteiger partial charge in [-0.05, 0) is 56.1 Å². The van der Waals surface area contributed by atoms with Gasteiger partial charge < -0.3 is 0 Å². The van der Waals surface area contributed by atoms with Crippen molar-refractivity contribution in [1.29, 1.82) is 0 Å². The first-order chi connectivity index (χ1) is 36.6. The molecule has 0 aliphatic rings. The molecule has 0 aliphatic heterocycles. The molecular formula is C57H39N5Si. The first-order valence-corrected chi connectivity index (χ1v) is 22.3.